The van der Waals surface area contributed by atoms with E-state index in [-0.39, 0.29) is 4.90 Å². The van der Waals surface area contributed by atoms with Crippen LogP contribution in [0.4, 0.5) is 10.5 Å². The number of nitrogens with two attached hydrogens (primary N) is 1. The van der Waals surface area contributed by atoms with E-state index in [1.54, 1.807) is 0 Å². The maximum atomic E-state index is 12.4. The Bertz CT molecular complexity index is 577. The number of rotatable bonds is 3. The van der Waals surface area contributed by atoms with Crippen LogP contribution in [0, 0.1) is 0 Å². The van der Waals surface area contributed by atoms with Gasteiger partial charge in [0.1, 0.15) is 0 Å². The largest absolute Gasteiger partial charge is 0.351 e. The first-order valence-electron chi connectivity index (χ1n) is 6.25. The number of likely N-dealkylation sites (N-methyl/N-ethyl adjacent to an activating group) is 1. The summed E-state index contributed by atoms with van der Waals surface area (Å²) in [6, 6.07) is 5.30. The molecule has 0 unspecified atom stereocenters. The maximum Gasteiger partial charge on any atom is 0.316 e. The maximum absolute atomic E-state index is 12.4. The molecule has 0 aliphatic carbocycles. The first-order chi connectivity index (χ1) is 9.39. The molecule has 8 heteroatoms. The molecule has 1 saturated heterocycles. The number of carbonyl (C=O) groups excluding carboxylic acids is 1. The molecule has 2 rings (SSSR count). The molecule has 0 atom stereocenters. The average Bonchev–Trinajstić information content (AvgIpc) is 2.39. The lowest BCUT2D eigenvalue weighted by atomic mass is 10.3. The van der Waals surface area contributed by atoms with Crippen LogP contribution in [0.25, 0.3) is 0 Å². The van der Waals surface area contributed by atoms with E-state index in [1.165, 1.54) is 28.6 Å². The standard InChI is InChI=1S/C12H18N4O3S/c1-15-6-8-16(9-7-15)20(18,19)11-4-2-10(3-5-11)14-12(13)17/h2-5H,6-9H2,1H3,(H3,13,14,17). The Morgan fingerprint density at radius 1 is 1.15 bits per heavy atom. The number of carbonyl (C=O) groups is 1. The van der Waals surface area contributed by atoms with Crippen LogP contribution in [-0.2, 0) is 10.0 Å². The van der Waals surface area contributed by atoms with Gasteiger partial charge in [0, 0.05) is 31.9 Å². The summed E-state index contributed by atoms with van der Waals surface area (Å²) in [7, 11) is -1.50. The average molecular weight is 298 g/mol. The molecule has 0 spiro atoms. The van der Waals surface area contributed by atoms with Crippen LogP contribution < -0.4 is 11.1 Å². The minimum atomic E-state index is -3.47. The fraction of sp³-hybridized carbons (Fsp3) is 0.417. The topological polar surface area (TPSA) is 95.7 Å². The fourth-order valence-corrected chi connectivity index (χ4v) is 3.45. The number of piperazine rings is 1. The Hall–Kier alpha value is -1.64. The summed E-state index contributed by atoms with van der Waals surface area (Å²) in [6.07, 6.45) is 0. The van der Waals surface area contributed by atoms with E-state index in [2.05, 4.69) is 10.2 Å². The molecule has 1 fully saturated rings. The SMILES string of the molecule is CN1CCN(S(=O)(=O)c2ccc(NC(N)=O)cc2)CC1. The highest BCUT2D eigenvalue weighted by Gasteiger charge is 2.27. The van der Waals surface area contributed by atoms with E-state index in [4.69, 9.17) is 5.73 Å². The van der Waals surface area contributed by atoms with Gasteiger partial charge in [-0.2, -0.15) is 4.31 Å². The highest BCUT2D eigenvalue weighted by Crippen LogP contribution is 2.19. The second-order valence-electron chi connectivity index (χ2n) is 4.72. The van der Waals surface area contributed by atoms with Gasteiger partial charge in [-0.1, -0.05) is 0 Å². The molecule has 3 N–H and O–H groups in total. The number of sulfonamides is 1. The van der Waals surface area contributed by atoms with Gasteiger partial charge < -0.3 is 16.0 Å². The van der Waals surface area contributed by atoms with Gasteiger partial charge in [-0.15, -0.1) is 0 Å². The predicted octanol–water partition coefficient (Wildman–Crippen LogP) is 0.113. The molecular weight excluding hydrogens is 280 g/mol. The Labute approximate surface area is 118 Å². The smallest absolute Gasteiger partial charge is 0.316 e. The van der Waals surface area contributed by atoms with E-state index in [0.29, 0.717) is 18.8 Å². The van der Waals surface area contributed by atoms with Crippen molar-refractivity contribution < 1.29 is 13.2 Å². The van der Waals surface area contributed by atoms with Crippen LogP contribution in [0.1, 0.15) is 0 Å². The summed E-state index contributed by atoms with van der Waals surface area (Å²) in [6.45, 7) is 2.42. The van der Waals surface area contributed by atoms with Crippen molar-refractivity contribution in [3.05, 3.63) is 24.3 Å². The van der Waals surface area contributed by atoms with Crippen molar-refractivity contribution >= 4 is 21.7 Å². The molecule has 20 heavy (non-hydrogen) atoms. The van der Waals surface area contributed by atoms with Gasteiger partial charge >= 0.3 is 6.03 Å². The molecule has 1 aromatic carbocycles. The summed E-state index contributed by atoms with van der Waals surface area (Å²) >= 11 is 0. The Morgan fingerprint density at radius 3 is 2.20 bits per heavy atom. The molecule has 0 bridgehead atoms. The zero-order valence-electron chi connectivity index (χ0n) is 11.2. The van der Waals surface area contributed by atoms with E-state index < -0.39 is 16.1 Å². The third kappa shape index (κ3) is 3.27. The number of nitrogens with one attached hydrogen (secondary N) is 1. The van der Waals surface area contributed by atoms with Crippen molar-refractivity contribution in [1.82, 2.24) is 9.21 Å². The van der Waals surface area contributed by atoms with Gasteiger partial charge in [0.05, 0.1) is 4.90 Å². The summed E-state index contributed by atoms with van der Waals surface area (Å²) < 4.78 is 26.3. The Morgan fingerprint density at radius 2 is 1.70 bits per heavy atom. The number of anilines is 1. The van der Waals surface area contributed by atoms with Gasteiger partial charge in [-0.05, 0) is 31.3 Å². The quantitative estimate of drug-likeness (QED) is 0.828. The number of hydrogen-bond acceptors (Lipinski definition) is 4. The molecular formula is C12H18N4O3S. The van der Waals surface area contributed by atoms with Crippen LogP contribution in [0.2, 0.25) is 0 Å². The van der Waals surface area contributed by atoms with Crippen LogP contribution in [0.5, 0.6) is 0 Å². The molecule has 0 radical (unpaired) electrons. The summed E-state index contributed by atoms with van der Waals surface area (Å²) in [5, 5.41) is 2.39. The molecule has 7 nitrogen and oxygen atoms in total. The number of urea groups is 1. The number of nitrogens with zero attached hydrogens (tertiary/aromatic N) is 2. The van der Waals surface area contributed by atoms with Crippen molar-refractivity contribution in [3.8, 4) is 0 Å². The first kappa shape index (κ1) is 14.8. The van der Waals surface area contributed by atoms with Crippen LogP contribution in [-0.4, -0.2) is 56.9 Å². The number of hydrogen-bond donors (Lipinski definition) is 2. The second kappa shape index (κ2) is 5.78. The van der Waals surface area contributed by atoms with E-state index in [1.807, 2.05) is 7.05 Å². The molecule has 1 heterocycles. The van der Waals surface area contributed by atoms with Gasteiger partial charge in [0.15, 0.2) is 0 Å². The first-order valence-corrected chi connectivity index (χ1v) is 7.69. The minimum absolute atomic E-state index is 0.220. The second-order valence-corrected chi connectivity index (χ2v) is 6.66. The van der Waals surface area contributed by atoms with Crippen LogP contribution in [0.15, 0.2) is 29.2 Å². The van der Waals surface area contributed by atoms with Gasteiger partial charge in [0.2, 0.25) is 10.0 Å². The number of primary amides is 1. The van der Waals surface area contributed by atoms with E-state index in [0.717, 1.165) is 13.1 Å². The van der Waals surface area contributed by atoms with Crippen molar-refractivity contribution in [2.75, 3.05) is 38.5 Å². The van der Waals surface area contributed by atoms with Crippen molar-refractivity contribution in [3.63, 3.8) is 0 Å². The highest BCUT2D eigenvalue weighted by atomic mass is 32.2. The molecule has 2 amide bonds. The Balaban J connectivity index is 2.15. The summed E-state index contributed by atoms with van der Waals surface area (Å²) in [5.74, 6) is 0. The third-order valence-electron chi connectivity index (χ3n) is 3.22. The monoisotopic (exact) mass is 298 g/mol. The number of amides is 2. The van der Waals surface area contributed by atoms with Crippen molar-refractivity contribution in [1.29, 1.82) is 0 Å². The molecule has 1 aromatic rings. The molecule has 110 valence electrons. The zero-order chi connectivity index (χ0) is 14.8. The zero-order valence-corrected chi connectivity index (χ0v) is 12.1. The molecule has 1 aliphatic rings. The van der Waals surface area contributed by atoms with Gasteiger partial charge in [-0.3, -0.25) is 0 Å². The van der Waals surface area contributed by atoms with E-state index in [9.17, 15) is 13.2 Å². The molecule has 0 aromatic heterocycles. The predicted molar refractivity (Wildman–Crippen MR) is 75.9 cm³/mol. The third-order valence-corrected chi connectivity index (χ3v) is 5.13. The van der Waals surface area contributed by atoms with Crippen molar-refractivity contribution in [2.45, 2.75) is 4.90 Å². The lowest BCUT2D eigenvalue weighted by Crippen LogP contribution is -2.46. The van der Waals surface area contributed by atoms with Crippen LogP contribution in [0.3, 0.4) is 0 Å². The van der Waals surface area contributed by atoms with Crippen molar-refractivity contribution in [2.24, 2.45) is 5.73 Å². The lowest BCUT2D eigenvalue weighted by Gasteiger charge is -2.31. The summed E-state index contributed by atoms with van der Waals surface area (Å²) in [5.41, 5.74) is 5.46. The van der Waals surface area contributed by atoms with Gasteiger partial charge in [-0.25, -0.2) is 13.2 Å². The minimum Gasteiger partial charge on any atom is -0.351 e. The lowest BCUT2D eigenvalue weighted by molar-refractivity contribution is 0.222. The molecule has 0 saturated carbocycles. The van der Waals surface area contributed by atoms with Crippen LogP contribution >= 0.6 is 0 Å². The highest BCUT2D eigenvalue weighted by molar-refractivity contribution is 7.89. The molecule has 1 aliphatic heterocycles. The Kier molecular flexibility index (Phi) is 4.26. The summed E-state index contributed by atoms with van der Waals surface area (Å²) in [4.78, 5) is 13.0. The van der Waals surface area contributed by atoms with E-state index >= 15 is 0 Å². The normalized spacial score (nSPS) is 17.9. The fourth-order valence-electron chi connectivity index (χ4n) is 2.03. The number of benzene rings is 1. The van der Waals surface area contributed by atoms with Gasteiger partial charge in [0.25, 0.3) is 0 Å².